The van der Waals surface area contributed by atoms with E-state index in [1.165, 1.54) is 5.56 Å². The van der Waals surface area contributed by atoms with Crippen molar-refractivity contribution in [3.8, 4) is 5.75 Å². The van der Waals surface area contributed by atoms with Crippen LogP contribution in [0.25, 0.3) is 0 Å². The summed E-state index contributed by atoms with van der Waals surface area (Å²) < 4.78 is 5.14. The topological polar surface area (TPSA) is 58.8 Å². The van der Waals surface area contributed by atoms with Gasteiger partial charge in [0, 0.05) is 39.6 Å². The molecule has 0 aliphatic carbocycles. The molecule has 1 rings (SSSR count). The van der Waals surface area contributed by atoms with Crippen LogP contribution in [0.5, 0.6) is 5.75 Å². The molecule has 1 amide bonds. The minimum atomic E-state index is 0.0481. The summed E-state index contributed by atoms with van der Waals surface area (Å²) >= 11 is 0. The molecule has 5 nitrogen and oxygen atoms in total. The summed E-state index contributed by atoms with van der Waals surface area (Å²) in [4.78, 5) is 15.5. The minimum absolute atomic E-state index is 0.0481. The Morgan fingerprint density at radius 2 is 1.85 bits per heavy atom. The molecule has 0 heterocycles. The van der Waals surface area contributed by atoms with Crippen molar-refractivity contribution in [3.63, 3.8) is 0 Å². The lowest BCUT2D eigenvalue weighted by Crippen LogP contribution is -2.41. The largest absolute Gasteiger partial charge is 0.497 e. The van der Waals surface area contributed by atoms with Gasteiger partial charge in [-0.05, 0) is 24.7 Å². The molecule has 0 radical (unpaired) electrons. The van der Waals surface area contributed by atoms with Gasteiger partial charge in [0.25, 0.3) is 0 Å². The average Bonchev–Trinajstić information content (AvgIpc) is 2.44. The quantitative estimate of drug-likeness (QED) is 0.807. The maximum atomic E-state index is 11.8. The third-order valence-corrected chi connectivity index (χ3v) is 3.40. The van der Waals surface area contributed by atoms with E-state index in [0.29, 0.717) is 13.0 Å². The van der Waals surface area contributed by atoms with Gasteiger partial charge in [0.1, 0.15) is 5.75 Å². The van der Waals surface area contributed by atoms with Crippen LogP contribution >= 0.6 is 0 Å². The van der Waals surface area contributed by atoms with Crippen LogP contribution in [-0.2, 0) is 11.3 Å². The highest BCUT2D eigenvalue weighted by Crippen LogP contribution is 2.14. The van der Waals surface area contributed by atoms with Crippen molar-refractivity contribution in [2.75, 3.05) is 34.8 Å². The Labute approximate surface area is 121 Å². The van der Waals surface area contributed by atoms with Crippen LogP contribution < -0.4 is 10.5 Å². The van der Waals surface area contributed by atoms with Crippen molar-refractivity contribution in [2.24, 2.45) is 5.73 Å². The number of methoxy groups -OCH3 is 1. The van der Waals surface area contributed by atoms with Crippen LogP contribution in [0.4, 0.5) is 0 Å². The molecular formula is C15H25N3O2. The van der Waals surface area contributed by atoms with E-state index in [0.717, 1.165) is 12.3 Å². The van der Waals surface area contributed by atoms with Crippen molar-refractivity contribution in [3.05, 3.63) is 29.8 Å². The van der Waals surface area contributed by atoms with Crippen molar-refractivity contribution >= 4 is 5.91 Å². The molecule has 0 fully saturated rings. The van der Waals surface area contributed by atoms with E-state index < -0.39 is 0 Å². The molecule has 2 N–H and O–H groups in total. The molecule has 0 saturated heterocycles. The van der Waals surface area contributed by atoms with Crippen LogP contribution in [0.3, 0.4) is 0 Å². The van der Waals surface area contributed by atoms with Gasteiger partial charge >= 0.3 is 0 Å². The Morgan fingerprint density at radius 1 is 1.25 bits per heavy atom. The van der Waals surface area contributed by atoms with Crippen molar-refractivity contribution in [1.82, 2.24) is 9.80 Å². The summed E-state index contributed by atoms with van der Waals surface area (Å²) in [6.07, 6.45) is 0.441. The van der Waals surface area contributed by atoms with Crippen LogP contribution in [0.1, 0.15) is 12.0 Å². The first-order chi connectivity index (χ1) is 9.47. The van der Waals surface area contributed by atoms with Gasteiger partial charge in [0.15, 0.2) is 0 Å². The Hall–Kier alpha value is -1.59. The van der Waals surface area contributed by atoms with Crippen LogP contribution in [0, 0.1) is 0 Å². The molecular weight excluding hydrogens is 254 g/mol. The molecule has 20 heavy (non-hydrogen) atoms. The second kappa shape index (κ2) is 7.87. The maximum absolute atomic E-state index is 11.8. The van der Waals surface area contributed by atoms with Gasteiger partial charge < -0.3 is 15.4 Å². The Morgan fingerprint density at radius 3 is 2.30 bits per heavy atom. The summed E-state index contributed by atoms with van der Waals surface area (Å²) in [7, 11) is 7.17. The molecule has 0 aromatic heterocycles. The van der Waals surface area contributed by atoms with Gasteiger partial charge in [-0.3, -0.25) is 9.69 Å². The monoisotopic (exact) mass is 279 g/mol. The fraction of sp³-hybridized carbons (Fsp3) is 0.533. The lowest BCUT2D eigenvalue weighted by molar-refractivity contribution is -0.129. The molecule has 1 aromatic rings. The zero-order chi connectivity index (χ0) is 15.1. The van der Waals surface area contributed by atoms with Gasteiger partial charge in [-0.15, -0.1) is 0 Å². The molecule has 0 spiro atoms. The van der Waals surface area contributed by atoms with Gasteiger partial charge in [0.05, 0.1) is 7.11 Å². The van der Waals surface area contributed by atoms with E-state index in [-0.39, 0.29) is 11.9 Å². The number of hydrogen-bond acceptors (Lipinski definition) is 4. The number of carbonyl (C=O) groups is 1. The van der Waals surface area contributed by atoms with Gasteiger partial charge in [-0.1, -0.05) is 12.1 Å². The summed E-state index contributed by atoms with van der Waals surface area (Å²) in [5, 5.41) is 0. The third-order valence-electron chi connectivity index (χ3n) is 3.40. The van der Waals surface area contributed by atoms with Gasteiger partial charge in [-0.2, -0.15) is 0 Å². The number of carbonyl (C=O) groups excluding carboxylic acids is 1. The number of hydrogen-bond donors (Lipinski definition) is 1. The SMILES string of the molecule is COc1ccc(CN(C)C(CN)CC(=O)N(C)C)cc1. The number of nitrogens with two attached hydrogens (primary N) is 1. The zero-order valence-electron chi connectivity index (χ0n) is 12.8. The highest BCUT2D eigenvalue weighted by Gasteiger charge is 2.18. The minimum Gasteiger partial charge on any atom is -0.497 e. The third kappa shape index (κ3) is 4.83. The first-order valence-corrected chi connectivity index (χ1v) is 6.71. The second-order valence-corrected chi connectivity index (χ2v) is 5.15. The molecule has 1 atom stereocenters. The molecule has 1 unspecified atom stereocenters. The maximum Gasteiger partial charge on any atom is 0.223 e. The molecule has 0 saturated carbocycles. The number of likely N-dealkylation sites (N-methyl/N-ethyl adjacent to an activating group) is 1. The normalized spacial score (nSPS) is 12.3. The van der Waals surface area contributed by atoms with Crippen LogP contribution in [-0.4, -0.2) is 56.5 Å². The average molecular weight is 279 g/mol. The lowest BCUT2D eigenvalue weighted by atomic mass is 10.1. The van der Waals surface area contributed by atoms with E-state index >= 15 is 0 Å². The zero-order valence-corrected chi connectivity index (χ0v) is 12.8. The van der Waals surface area contributed by atoms with E-state index in [1.807, 2.05) is 31.3 Å². The number of nitrogens with zero attached hydrogens (tertiary/aromatic N) is 2. The highest BCUT2D eigenvalue weighted by atomic mass is 16.5. The Kier molecular flexibility index (Phi) is 6.48. The summed E-state index contributed by atoms with van der Waals surface area (Å²) in [6.45, 7) is 1.22. The van der Waals surface area contributed by atoms with E-state index in [1.54, 1.807) is 26.1 Å². The second-order valence-electron chi connectivity index (χ2n) is 5.15. The van der Waals surface area contributed by atoms with Gasteiger partial charge in [-0.25, -0.2) is 0 Å². The van der Waals surface area contributed by atoms with Crippen molar-refractivity contribution in [2.45, 2.75) is 19.0 Å². The lowest BCUT2D eigenvalue weighted by Gasteiger charge is -2.27. The predicted octanol–water partition coefficient (Wildman–Crippen LogP) is 0.933. The molecule has 5 heteroatoms. The molecule has 0 bridgehead atoms. The standard InChI is InChI=1S/C15H25N3O2/c1-17(2)15(19)9-13(10-16)18(3)11-12-5-7-14(20-4)8-6-12/h5-8,13H,9-11,16H2,1-4H3. The van der Waals surface area contributed by atoms with Crippen molar-refractivity contribution < 1.29 is 9.53 Å². The van der Waals surface area contributed by atoms with Crippen LogP contribution in [0.2, 0.25) is 0 Å². The van der Waals surface area contributed by atoms with Crippen molar-refractivity contribution in [1.29, 1.82) is 0 Å². The Bertz CT molecular complexity index is 418. The smallest absolute Gasteiger partial charge is 0.223 e. The number of amides is 1. The highest BCUT2D eigenvalue weighted by molar-refractivity contribution is 5.76. The number of rotatable bonds is 7. The van der Waals surface area contributed by atoms with Crippen LogP contribution in [0.15, 0.2) is 24.3 Å². The summed E-state index contributed by atoms with van der Waals surface area (Å²) in [5.41, 5.74) is 6.96. The number of benzene rings is 1. The predicted molar refractivity (Wildman–Crippen MR) is 80.6 cm³/mol. The first-order valence-electron chi connectivity index (χ1n) is 6.71. The fourth-order valence-corrected chi connectivity index (χ4v) is 1.95. The molecule has 1 aromatic carbocycles. The summed E-state index contributed by atoms with van der Waals surface area (Å²) in [5.74, 6) is 0.941. The van der Waals surface area contributed by atoms with E-state index in [4.69, 9.17) is 10.5 Å². The molecule has 112 valence electrons. The molecule has 0 aliphatic rings. The van der Waals surface area contributed by atoms with Gasteiger partial charge in [0.2, 0.25) is 5.91 Å². The number of ether oxygens (including phenoxy) is 1. The summed E-state index contributed by atoms with van der Waals surface area (Å²) in [6, 6.07) is 7.97. The fourth-order valence-electron chi connectivity index (χ4n) is 1.95. The van der Waals surface area contributed by atoms with E-state index in [2.05, 4.69) is 4.90 Å². The van der Waals surface area contributed by atoms with E-state index in [9.17, 15) is 4.79 Å². The molecule has 0 aliphatic heterocycles. The Balaban J connectivity index is 2.61. The first kappa shape index (κ1) is 16.5.